The van der Waals surface area contributed by atoms with Crippen molar-refractivity contribution >= 4 is 11.6 Å². The highest BCUT2D eigenvalue weighted by atomic mass is 19.1. The number of ether oxygens (including phenoxy) is 1. The second kappa shape index (κ2) is 6.62. The first-order chi connectivity index (χ1) is 9.99. The highest BCUT2D eigenvalue weighted by molar-refractivity contribution is 5.95. The maximum atomic E-state index is 13.7. The molecule has 1 heterocycles. The van der Waals surface area contributed by atoms with Gasteiger partial charge in [0.05, 0.1) is 16.6 Å². The van der Waals surface area contributed by atoms with Gasteiger partial charge in [-0.25, -0.2) is 4.39 Å². The van der Waals surface area contributed by atoms with Gasteiger partial charge in [-0.1, -0.05) is 0 Å². The Kier molecular flexibility index (Phi) is 4.85. The van der Waals surface area contributed by atoms with Crippen LogP contribution in [-0.2, 0) is 4.74 Å². The topological polar surface area (TPSA) is 72.7 Å². The molecule has 1 aromatic carbocycles. The molecule has 0 aliphatic carbocycles. The molecule has 1 unspecified atom stereocenters. The fourth-order valence-electron chi connectivity index (χ4n) is 2.34. The van der Waals surface area contributed by atoms with Gasteiger partial charge >= 0.3 is 0 Å². The Hall–Kier alpha value is -2.02. The van der Waals surface area contributed by atoms with Crippen LogP contribution in [0.2, 0.25) is 0 Å². The molecule has 1 fully saturated rings. The number of non-ortho nitro benzene ring substituents is 1. The van der Waals surface area contributed by atoms with Crippen LogP contribution in [0.3, 0.4) is 0 Å². The Morgan fingerprint density at radius 2 is 2.29 bits per heavy atom. The number of nitro groups is 1. The van der Waals surface area contributed by atoms with Crippen molar-refractivity contribution in [2.45, 2.75) is 25.4 Å². The lowest BCUT2D eigenvalue weighted by atomic mass is 10.1. The van der Waals surface area contributed by atoms with Crippen molar-refractivity contribution in [2.24, 2.45) is 0 Å². The zero-order valence-corrected chi connectivity index (χ0v) is 11.8. The van der Waals surface area contributed by atoms with Crippen LogP contribution in [0.4, 0.5) is 10.1 Å². The summed E-state index contributed by atoms with van der Waals surface area (Å²) in [7, 11) is 1.54. The van der Waals surface area contributed by atoms with Crippen LogP contribution in [0, 0.1) is 15.9 Å². The third-order valence-electron chi connectivity index (χ3n) is 3.49. The SMILES string of the molecule is CN(CC1CCCCO1)C(=O)c1cc([N+](=O)[O-])ccc1F. The summed E-state index contributed by atoms with van der Waals surface area (Å²) in [6.45, 7) is 1.01. The minimum atomic E-state index is -0.762. The average molecular weight is 296 g/mol. The molecular formula is C14H17FN2O4. The maximum absolute atomic E-state index is 13.7. The number of halogens is 1. The molecule has 1 aromatic rings. The molecule has 0 saturated carbocycles. The number of hydrogen-bond acceptors (Lipinski definition) is 4. The van der Waals surface area contributed by atoms with Crippen LogP contribution < -0.4 is 0 Å². The van der Waals surface area contributed by atoms with E-state index in [1.54, 1.807) is 7.05 Å². The molecule has 0 bridgehead atoms. The fourth-order valence-corrected chi connectivity index (χ4v) is 2.34. The van der Waals surface area contributed by atoms with Crippen molar-refractivity contribution in [1.29, 1.82) is 0 Å². The van der Waals surface area contributed by atoms with Crippen molar-refractivity contribution < 1.29 is 18.8 Å². The smallest absolute Gasteiger partial charge is 0.270 e. The van der Waals surface area contributed by atoms with Gasteiger partial charge in [0.25, 0.3) is 11.6 Å². The number of amides is 1. The van der Waals surface area contributed by atoms with Crippen molar-refractivity contribution in [1.82, 2.24) is 4.90 Å². The minimum absolute atomic E-state index is 0.0607. The summed E-state index contributed by atoms with van der Waals surface area (Å²) in [6, 6.07) is 2.95. The molecular weight excluding hydrogens is 279 g/mol. The monoisotopic (exact) mass is 296 g/mol. The van der Waals surface area contributed by atoms with Gasteiger partial charge in [-0.2, -0.15) is 0 Å². The van der Waals surface area contributed by atoms with Gasteiger partial charge in [0.1, 0.15) is 5.82 Å². The van der Waals surface area contributed by atoms with Gasteiger partial charge in [-0.15, -0.1) is 0 Å². The Balaban J connectivity index is 2.10. The number of carbonyl (C=O) groups is 1. The number of benzene rings is 1. The predicted molar refractivity (Wildman–Crippen MR) is 73.6 cm³/mol. The molecule has 1 amide bonds. The zero-order valence-electron chi connectivity index (χ0n) is 11.8. The van der Waals surface area contributed by atoms with Gasteiger partial charge in [0.2, 0.25) is 0 Å². The van der Waals surface area contributed by atoms with E-state index in [2.05, 4.69) is 0 Å². The number of carbonyl (C=O) groups excluding carboxylic acids is 1. The van der Waals surface area contributed by atoms with Crippen LogP contribution in [0.1, 0.15) is 29.6 Å². The molecule has 1 aliphatic rings. The van der Waals surface area contributed by atoms with Crippen LogP contribution in [0.15, 0.2) is 18.2 Å². The van der Waals surface area contributed by atoms with E-state index < -0.39 is 16.6 Å². The molecule has 6 nitrogen and oxygen atoms in total. The summed E-state index contributed by atoms with van der Waals surface area (Å²) in [4.78, 5) is 23.6. The summed E-state index contributed by atoms with van der Waals surface area (Å²) in [5, 5.41) is 10.7. The molecule has 0 aromatic heterocycles. The number of likely N-dealkylation sites (N-methyl/N-ethyl adjacent to an activating group) is 1. The first kappa shape index (κ1) is 15.4. The average Bonchev–Trinajstić information content (AvgIpc) is 2.47. The van der Waals surface area contributed by atoms with Crippen LogP contribution in [-0.4, -0.2) is 42.0 Å². The second-order valence-corrected chi connectivity index (χ2v) is 5.10. The van der Waals surface area contributed by atoms with E-state index in [0.29, 0.717) is 13.2 Å². The largest absolute Gasteiger partial charge is 0.376 e. The third kappa shape index (κ3) is 3.75. The summed E-state index contributed by atoms with van der Waals surface area (Å²) in [5.74, 6) is -1.34. The minimum Gasteiger partial charge on any atom is -0.376 e. The van der Waals surface area contributed by atoms with Crippen LogP contribution >= 0.6 is 0 Å². The first-order valence-corrected chi connectivity index (χ1v) is 6.80. The standard InChI is InChI=1S/C14H17FN2O4/c1-16(9-11-4-2-3-7-21-11)14(18)12-8-10(17(19)20)5-6-13(12)15/h5-6,8,11H,2-4,7,9H2,1H3. The van der Waals surface area contributed by atoms with E-state index in [0.717, 1.165) is 37.5 Å². The molecule has 0 radical (unpaired) electrons. The summed E-state index contributed by atoms with van der Waals surface area (Å²) >= 11 is 0. The predicted octanol–water partition coefficient (Wildman–Crippen LogP) is 2.38. The Labute approximate surface area is 121 Å². The second-order valence-electron chi connectivity index (χ2n) is 5.10. The summed E-state index contributed by atoms with van der Waals surface area (Å²) < 4.78 is 19.3. The number of hydrogen-bond donors (Lipinski definition) is 0. The third-order valence-corrected chi connectivity index (χ3v) is 3.49. The highest BCUT2D eigenvalue weighted by Gasteiger charge is 2.23. The molecule has 0 spiro atoms. The molecule has 114 valence electrons. The molecule has 0 N–H and O–H groups in total. The first-order valence-electron chi connectivity index (χ1n) is 6.80. The molecule has 7 heteroatoms. The zero-order chi connectivity index (χ0) is 15.4. The van der Waals surface area contributed by atoms with Crippen molar-refractivity contribution in [2.75, 3.05) is 20.2 Å². The lowest BCUT2D eigenvalue weighted by Gasteiger charge is -2.27. The maximum Gasteiger partial charge on any atom is 0.270 e. The van der Waals surface area contributed by atoms with Crippen LogP contribution in [0.25, 0.3) is 0 Å². The van der Waals surface area contributed by atoms with Crippen molar-refractivity contribution in [3.63, 3.8) is 0 Å². The van der Waals surface area contributed by atoms with E-state index in [1.165, 1.54) is 4.90 Å². The Morgan fingerprint density at radius 3 is 2.90 bits per heavy atom. The summed E-state index contributed by atoms with van der Waals surface area (Å²) in [5.41, 5.74) is -0.593. The number of nitro benzene ring substituents is 1. The molecule has 21 heavy (non-hydrogen) atoms. The van der Waals surface area contributed by atoms with E-state index in [-0.39, 0.29) is 17.4 Å². The van der Waals surface area contributed by atoms with Crippen molar-refractivity contribution in [3.8, 4) is 0 Å². The Morgan fingerprint density at radius 1 is 1.52 bits per heavy atom. The molecule has 1 atom stereocenters. The van der Waals surface area contributed by atoms with E-state index in [9.17, 15) is 19.3 Å². The molecule has 1 aliphatic heterocycles. The summed E-state index contributed by atoms with van der Waals surface area (Å²) in [6.07, 6.45) is 2.84. The van der Waals surface area contributed by atoms with Gasteiger partial charge in [0, 0.05) is 32.3 Å². The molecule has 2 rings (SSSR count). The fraction of sp³-hybridized carbons (Fsp3) is 0.500. The molecule has 1 saturated heterocycles. The van der Waals surface area contributed by atoms with Gasteiger partial charge in [-0.3, -0.25) is 14.9 Å². The van der Waals surface area contributed by atoms with E-state index >= 15 is 0 Å². The van der Waals surface area contributed by atoms with Gasteiger partial charge < -0.3 is 9.64 Å². The van der Waals surface area contributed by atoms with Gasteiger partial charge in [-0.05, 0) is 25.3 Å². The highest BCUT2D eigenvalue weighted by Crippen LogP contribution is 2.19. The van der Waals surface area contributed by atoms with E-state index in [4.69, 9.17) is 4.74 Å². The number of rotatable bonds is 4. The van der Waals surface area contributed by atoms with E-state index in [1.807, 2.05) is 0 Å². The normalized spacial score (nSPS) is 18.3. The lowest BCUT2D eigenvalue weighted by Crippen LogP contribution is -2.37. The Bertz CT molecular complexity index is 544. The van der Waals surface area contributed by atoms with Crippen molar-refractivity contribution in [3.05, 3.63) is 39.7 Å². The number of nitrogens with zero attached hydrogens (tertiary/aromatic N) is 2. The van der Waals surface area contributed by atoms with Crippen LogP contribution in [0.5, 0.6) is 0 Å². The van der Waals surface area contributed by atoms with Gasteiger partial charge in [0.15, 0.2) is 0 Å². The quantitative estimate of drug-likeness (QED) is 0.631. The lowest BCUT2D eigenvalue weighted by molar-refractivity contribution is -0.384.